The first kappa shape index (κ1) is 21.4. The van der Waals surface area contributed by atoms with Crippen molar-refractivity contribution in [2.45, 2.75) is 46.0 Å². The number of rotatable bonds is 9. The van der Waals surface area contributed by atoms with Crippen molar-refractivity contribution in [3.05, 3.63) is 66.1 Å². The summed E-state index contributed by atoms with van der Waals surface area (Å²) in [5.41, 5.74) is 1.66. The maximum absolute atomic E-state index is 14.4. The Balaban J connectivity index is 2.03. The Morgan fingerprint density at radius 1 is 1.03 bits per heavy atom. The smallest absolute Gasteiger partial charge is 0.318 e. The molecule has 0 amide bonds. The molecule has 0 radical (unpaired) electrons. The lowest BCUT2D eigenvalue weighted by Crippen LogP contribution is -2.15. The number of nitrogens with zero attached hydrogens (tertiary/aromatic N) is 2. The first-order valence-corrected chi connectivity index (χ1v) is 10.2. The van der Waals surface area contributed by atoms with Crippen molar-refractivity contribution in [2.75, 3.05) is 0 Å². The fourth-order valence-electron chi connectivity index (χ4n) is 3.40. The van der Waals surface area contributed by atoms with E-state index in [2.05, 4.69) is 12.1 Å². The molecule has 0 aliphatic carbocycles. The Morgan fingerprint density at radius 2 is 1.77 bits per heavy atom. The van der Waals surface area contributed by atoms with E-state index < -0.39 is 5.97 Å². The second kappa shape index (κ2) is 9.96. The molecule has 0 saturated heterocycles. The number of Topliss-reactive ketones (excluding diaryl/α,β-unsaturated/α-hetero) is 1. The molecule has 1 heterocycles. The second-order valence-corrected chi connectivity index (χ2v) is 7.14. The first-order valence-electron chi connectivity index (χ1n) is 10.2. The van der Waals surface area contributed by atoms with E-state index in [-0.39, 0.29) is 17.3 Å². The van der Waals surface area contributed by atoms with Gasteiger partial charge in [-0.2, -0.15) is 0 Å². The molecule has 0 atom stereocenters. The van der Waals surface area contributed by atoms with Crippen LogP contribution in [-0.4, -0.2) is 22.0 Å². The molecule has 3 aromatic rings. The molecule has 0 N–H and O–H groups in total. The summed E-state index contributed by atoms with van der Waals surface area (Å²) in [6, 6.07) is 13.7. The summed E-state index contributed by atoms with van der Waals surface area (Å²) in [4.78, 5) is 29.4. The van der Waals surface area contributed by atoms with Crippen LogP contribution < -0.4 is 0 Å². The molecule has 6 heteroatoms. The van der Waals surface area contributed by atoms with Crippen molar-refractivity contribution >= 4 is 28.4 Å². The molecular formula is C24H25FN2O3. The molecule has 0 aliphatic rings. The number of hydrogen-bond acceptors (Lipinski definition) is 4. The van der Waals surface area contributed by atoms with Gasteiger partial charge in [0.15, 0.2) is 0 Å². The van der Waals surface area contributed by atoms with Gasteiger partial charge in [0.25, 0.3) is 0 Å². The van der Waals surface area contributed by atoms with Gasteiger partial charge in [0.05, 0.1) is 11.2 Å². The minimum Gasteiger partial charge on any atom is -0.318 e. The number of para-hydroxylation sites is 2. The highest BCUT2D eigenvalue weighted by Gasteiger charge is 2.22. The monoisotopic (exact) mass is 408 g/mol. The summed E-state index contributed by atoms with van der Waals surface area (Å²) in [6.45, 7) is 3.35. The van der Waals surface area contributed by atoms with Gasteiger partial charge in [-0.3, -0.25) is 4.79 Å². The zero-order chi connectivity index (χ0) is 21.5. The Bertz CT molecular complexity index is 1080. The largest absolute Gasteiger partial charge is 0.331 e. The predicted octanol–water partition coefficient (Wildman–Crippen LogP) is 5.84. The van der Waals surface area contributed by atoms with Crippen LogP contribution in [0, 0.1) is 5.82 Å². The van der Waals surface area contributed by atoms with Crippen molar-refractivity contribution in [3.63, 3.8) is 0 Å². The van der Waals surface area contributed by atoms with Gasteiger partial charge >= 0.3 is 5.97 Å². The lowest BCUT2D eigenvalue weighted by molar-refractivity contribution is -0.140. The molecule has 1 aromatic heterocycles. The van der Waals surface area contributed by atoms with Gasteiger partial charge in [0.2, 0.25) is 5.78 Å². The number of fused-ring (bicyclic) bond motifs is 1. The number of unbranched alkanes of at least 4 members (excludes halogenated alkanes) is 3. The summed E-state index contributed by atoms with van der Waals surface area (Å²) in [7, 11) is 0. The van der Waals surface area contributed by atoms with Gasteiger partial charge in [-0.15, -0.1) is 0 Å². The van der Waals surface area contributed by atoms with E-state index in [0.717, 1.165) is 25.7 Å². The van der Waals surface area contributed by atoms with E-state index in [4.69, 9.17) is 4.84 Å². The highest BCUT2D eigenvalue weighted by molar-refractivity contribution is 6.47. The maximum Gasteiger partial charge on any atom is 0.331 e. The minimum absolute atomic E-state index is 0.192. The van der Waals surface area contributed by atoms with E-state index in [1.54, 1.807) is 29.0 Å². The van der Waals surface area contributed by atoms with Crippen LogP contribution in [0.15, 0.2) is 59.9 Å². The molecule has 0 fully saturated rings. The topological polar surface area (TPSA) is 60.7 Å². The van der Waals surface area contributed by atoms with Gasteiger partial charge in [-0.05, 0) is 31.0 Å². The lowest BCUT2D eigenvalue weighted by Gasteiger charge is -2.06. The molecule has 30 heavy (non-hydrogen) atoms. The molecule has 3 rings (SSSR count). The fraction of sp³-hybridized carbons (Fsp3) is 0.292. The van der Waals surface area contributed by atoms with E-state index >= 15 is 0 Å². The number of halogens is 1. The Morgan fingerprint density at radius 3 is 2.50 bits per heavy atom. The van der Waals surface area contributed by atoms with E-state index in [1.165, 1.54) is 13.0 Å². The quantitative estimate of drug-likeness (QED) is 0.147. The van der Waals surface area contributed by atoms with E-state index in [1.807, 2.05) is 24.3 Å². The van der Waals surface area contributed by atoms with Gasteiger partial charge in [-0.1, -0.05) is 61.7 Å². The number of aromatic nitrogens is 1. The number of hydrogen-bond donors (Lipinski definition) is 0. The van der Waals surface area contributed by atoms with Crippen LogP contribution in [0.1, 0.15) is 56.3 Å². The standard InChI is InChI=1S/C24H25FN2O3/c1-3-4-5-6-13-21(26-30-17(2)28)24(29)19-16-27(22-14-9-7-11-18(19)22)23-15-10-8-12-20(23)25/h7-12,14-16H,3-6,13H2,1-2H3/b26-21+. The van der Waals surface area contributed by atoms with Crippen LogP contribution in [0.4, 0.5) is 4.39 Å². The van der Waals surface area contributed by atoms with Gasteiger partial charge in [0.1, 0.15) is 11.5 Å². The second-order valence-electron chi connectivity index (χ2n) is 7.14. The van der Waals surface area contributed by atoms with Crippen LogP contribution in [-0.2, 0) is 9.63 Å². The molecule has 2 aromatic carbocycles. The SMILES string of the molecule is CCCCCC/C(=N\OC(C)=O)C(=O)c1cn(-c2ccccc2F)c2ccccc12. The Labute approximate surface area is 175 Å². The average molecular weight is 408 g/mol. The maximum atomic E-state index is 14.4. The summed E-state index contributed by atoms with van der Waals surface area (Å²) < 4.78 is 16.1. The van der Waals surface area contributed by atoms with Gasteiger partial charge in [-0.25, -0.2) is 9.18 Å². The molecule has 156 valence electrons. The van der Waals surface area contributed by atoms with Crippen LogP contribution in [0.3, 0.4) is 0 Å². The van der Waals surface area contributed by atoms with Crippen molar-refractivity contribution < 1.29 is 18.8 Å². The van der Waals surface area contributed by atoms with Crippen molar-refractivity contribution in [1.29, 1.82) is 0 Å². The van der Waals surface area contributed by atoms with Crippen molar-refractivity contribution in [3.8, 4) is 5.69 Å². The summed E-state index contributed by atoms with van der Waals surface area (Å²) in [6.07, 6.45) is 5.89. The Hall–Kier alpha value is -3.28. The van der Waals surface area contributed by atoms with Crippen LogP contribution >= 0.6 is 0 Å². The highest BCUT2D eigenvalue weighted by atomic mass is 19.1. The van der Waals surface area contributed by atoms with E-state index in [0.29, 0.717) is 28.6 Å². The van der Waals surface area contributed by atoms with Crippen molar-refractivity contribution in [1.82, 2.24) is 4.57 Å². The third-order valence-corrected chi connectivity index (χ3v) is 4.88. The molecular weight excluding hydrogens is 383 g/mol. The first-order chi connectivity index (χ1) is 14.5. The van der Waals surface area contributed by atoms with Gasteiger partial charge < -0.3 is 9.40 Å². The number of carbonyl (C=O) groups excluding carboxylic acids is 2. The van der Waals surface area contributed by atoms with Crippen molar-refractivity contribution in [2.24, 2.45) is 5.16 Å². The molecule has 0 bridgehead atoms. The van der Waals surface area contributed by atoms with Gasteiger partial charge in [0, 0.05) is 24.1 Å². The number of carbonyl (C=O) groups is 2. The van der Waals surface area contributed by atoms with Crippen LogP contribution in [0.2, 0.25) is 0 Å². The molecule has 5 nitrogen and oxygen atoms in total. The average Bonchev–Trinajstić information content (AvgIpc) is 3.12. The number of ketones is 1. The zero-order valence-corrected chi connectivity index (χ0v) is 17.2. The predicted molar refractivity (Wildman–Crippen MR) is 116 cm³/mol. The highest BCUT2D eigenvalue weighted by Crippen LogP contribution is 2.27. The summed E-state index contributed by atoms with van der Waals surface area (Å²) in [5, 5.41) is 4.53. The fourth-order valence-corrected chi connectivity index (χ4v) is 3.40. The minimum atomic E-state index is -0.581. The molecule has 0 unspecified atom stereocenters. The number of benzene rings is 2. The van der Waals surface area contributed by atoms with E-state index in [9.17, 15) is 14.0 Å². The third kappa shape index (κ3) is 4.82. The normalized spacial score (nSPS) is 11.6. The van der Waals surface area contributed by atoms with Crippen LogP contribution in [0.5, 0.6) is 0 Å². The summed E-state index contributed by atoms with van der Waals surface area (Å²) >= 11 is 0. The summed E-state index contributed by atoms with van der Waals surface area (Å²) in [5.74, 6) is -1.28. The number of oxime groups is 1. The lowest BCUT2D eigenvalue weighted by atomic mass is 10.0. The molecule has 0 aliphatic heterocycles. The molecule has 0 saturated carbocycles. The van der Waals surface area contributed by atoms with Crippen LogP contribution in [0.25, 0.3) is 16.6 Å². The zero-order valence-electron chi connectivity index (χ0n) is 17.2. The third-order valence-electron chi connectivity index (χ3n) is 4.88. The molecule has 0 spiro atoms. The Kier molecular flexibility index (Phi) is 7.12.